The lowest BCUT2D eigenvalue weighted by atomic mass is 9.78. The molecule has 2 unspecified atom stereocenters. The van der Waals surface area contributed by atoms with E-state index in [-0.39, 0.29) is 17.9 Å². The molecule has 1 aliphatic rings. The maximum absolute atomic E-state index is 13.0. The molecular formula is C19H23N3O3. The quantitative estimate of drug-likeness (QED) is 0.876. The van der Waals surface area contributed by atoms with E-state index in [1.807, 2.05) is 24.6 Å². The Hall–Kier alpha value is -2.63. The molecule has 0 saturated carbocycles. The van der Waals surface area contributed by atoms with Gasteiger partial charge in [-0.05, 0) is 24.0 Å². The fraction of sp³-hybridized carbons (Fsp3) is 0.421. The zero-order chi connectivity index (χ0) is 18.0. The minimum Gasteiger partial charge on any atom is -0.481 e. The average molecular weight is 341 g/mol. The summed E-state index contributed by atoms with van der Waals surface area (Å²) in [6.07, 6.45) is 6.10. The standard InChI is InChI=1S/C19H23N3O3/c1-13(2)17-16(19(24)25)14-6-3-4-7-15(14)18(23)22(17)10-5-9-21-11-8-20-12-21/h3-4,6-8,11-13,16-17H,5,9-10H2,1-2H3,(H,24,25). The van der Waals surface area contributed by atoms with E-state index >= 15 is 0 Å². The van der Waals surface area contributed by atoms with Crippen LogP contribution in [0.4, 0.5) is 0 Å². The lowest BCUT2D eigenvalue weighted by Gasteiger charge is -2.42. The monoisotopic (exact) mass is 341 g/mol. The summed E-state index contributed by atoms with van der Waals surface area (Å²) in [5.41, 5.74) is 1.14. The summed E-state index contributed by atoms with van der Waals surface area (Å²) < 4.78 is 1.96. The molecule has 0 bridgehead atoms. The summed E-state index contributed by atoms with van der Waals surface area (Å²) in [7, 11) is 0. The molecule has 2 aromatic rings. The number of fused-ring (bicyclic) bond motifs is 1. The Balaban J connectivity index is 1.89. The number of imidazole rings is 1. The van der Waals surface area contributed by atoms with E-state index in [9.17, 15) is 14.7 Å². The lowest BCUT2D eigenvalue weighted by molar-refractivity contribution is -0.141. The smallest absolute Gasteiger partial charge is 0.313 e. The Bertz CT molecular complexity index is 755. The first kappa shape index (κ1) is 17.2. The van der Waals surface area contributed by atoms with Crippen LogP contribution < -0.4 is 0 Å². The highest BCUT2D eigenvalue weighted by molar-refractivity contribution is 6.00. The third-order valence-electron chi connectivity index (χ3n) is 4.81. The van der Waals surface area contributed by atoms with E-state index < -0.39 is 11.9 Å². The van der Waals surface area contributed by atoms with Crippen LogP contribution in [0.1, 0.15) is 42.1 Å². The molecule has 2 heterocycles. The van der Waals surface area contributed by atoms with E-state index in [1.54, 1.807) is 41.7 Å². The fourth-order valence-electron chi connectivity index (χ4n) is 3.73. The third-order valence-corrected chi connectivity index (χ3v) is 4.81. The van der Waals surface area contributed by atoms with Crippen LogP contribution in [0, 0.1) is 5.92 Å². The molecule has 3 rings (SSSR count). The molecule has 1 N–H and O–H groups in total. The van der Waals surface area contributed by atoms with E-state index in [1.165, 1.54) is 0 Å². The molecule has 0 radical (unpaired) electrons. The van der Waals surface area contributed by atoms with Gasteiger partial charge < -0.3 is 14.6 Å². The first-order chi connectivity index (χ1) is 12.0. The van der Waals surface area contributed by atoms with Gasteiger partial charge in [0.25, 0.3) is 5.91 Å². The number of rotatable bonds is 6. The molecule has 1 aliphatic heterocycles. The summed E-state index contributed by atoms with van der Waals surface area (Å²) in [4.78, 5) is 30.8. The summed E-state index contributed by atoms with van der Waals surface area (Å²) in [6, 6.07) is 6.74. The normalized spacial score (nSPS) is 20.0. The first-order valence-electron chi connectivity index (χ1n) is 8.59. The van der Waals surface area contributed by atoms with Crippen molar-refractivity contribution in [3.8, 4) is 0 Å². The summed E-state index contributed by atoms with van der Waals surface area (Å²) in [5.74, 6) is -1.59. The van der Waals surface area contributed by atoms with Gasteiger partial charge in [-0.15, -0.1) is 0 Å². The van der Waals surface area contributed by atoms with Crippen LogP contribution in [0.5, 0.6) is 0 Å². The van der Waals surface area contributed by atoms with Crippen molar-refractivity contribution in [2.24, 2.45) is 5.92 Å². The number of hydrogen-bond donors (Lipinski definition) is 1. The highest BCUT2D eigenvalue weighted by atomic mass is 16.4. The van der Waals surface area contributed by atoms with Crippen molar-refractivity contribution in [3.05, 3.63) is 54.1 Å². The van der Waals surface area contributed by atoms with Crippen molar-refractivity contribution in [3.63, 3.8) is 0 Å². The van der Waals surface area contributed by atoms with Crippen LogP contribution in [-0.2, 0) is 11.3 Å². The maximum atomic E-state index is 13.0. The van der Waals surface area contributed by atoms with Gasteiger partial charge in [0.15, 0.2) is 0 Å². The van der Waals surface area contributed by atoms with Crippen molar-refractivity contribution in [1.29, 1.82) is 0 Å². The Morgan fingerprint density at radius 3 is 2.68 bits per heavy atom. The van der Waals surface area contributed by atoms with Gasteiger partial charge in [-0.1, -0.05) is 32.0 Å². The highest BCUT2D eigenvalue weighted by Gasteiger charge is 2.44. The molecule has 1 aromatic carbocycles. The number of aromatic nitrogens is 2. The van der Waals surface area contributed by atoms with E-state index in [4.69, 9.17) is 0 Å². The van der Waals surface area contributed by atoms with Gasteiger partial charge in [-0.3, -0.25) is 9.59 Å². The number of carboxylic acid groups (broad SMARTS) is 1. The molecule has 0 spiro atoms. The highest BCUT2D eigenvalue weighted by Crippen LogP contribution is 2.37. The number of amides is 1. The SMILES string of the molecule is CC(C)C1C(C(=O)O)c2ccccc2C(=O)N1CCCn1ccnc1. The molecule has 2 atom stereocenters. The maximum Gasteiger partial charge on any atom is 0.313 e. The van der Waals surface area contributed by atoms with E-state index in [0.717, 1.165) is 13.0 Å². The Morgan fingerprint density at radius 1 is 1.28 bits per heavy atom. The van der Waals surface area contributed by atoms with Crippen molar-refractivity contribution in [2.75, 3.05) is 6.54 Å². The number of hydrogen-bond acceptors (Lipinski definition) is 3. The number of carbonyl (C=O) groups excluding carboxylic acids is 1. The predicted molar refractivity (Wildman–Crippen MR) is 93.3 cm³/mol. The molecule has 1 amide bonds. The predicted octanol–water partition coefficient (Wildman–Crippen LogP) is 2.62. The van der Waals surface area contributed by atoms with Crippen LogP contribution in [0.25, 0.3) is 0 Å². The topological polar surface area (TPSA) is 75.4 Å². The second kappa shape index (κ2) is 7.09. The number of aryl methyl sites for hydroxylation is 1. The van der Waals surface area contributed by atoms with E-state index in [2.05, 4.69) is 4.98 Å². The van der Waals surface area contributed by atoms with Gasteiger partial charge in [0, 0.05) is 31.0 Å². The Kier molecular flexibility index (Phi) is 4.88. The largest absolute Gasteiger partial charge is 0.481 e. The number of nitrogens with zero attached hydrogens (tertiary/aromatic N) is 3. The van der Waals surface area contributed by atoms with Gasteiger partial charge >= 0.3 is 5.97 Å². The summed E-state index contributed by atoms with van der Waals surface area (Å²) >= 11 is 0. The number of carboxylic acids is 1. The third kappa shape index (κ3) is 3.29. The van der Waals surface area contributed by atoms with Crippen LogP contribution in [0.15, 0.2) is 43.0 Å². The van der Waals surface area contributed by atoms with Gasteiger partial charge in [-0.25, -0.2) is 4.98 Å². The number of benzene rings is 1. The summed E-state index contributed by atoms with van der Waals surface area (Å²) in [5, 5.41) is 9.83. The van der Waals surface area contributed by atoms with Gasteiger partial charge in [0.05, 0.1) is 12.4 Å². The molecule has 0 aliphatic carbocycles. The Morgan fingerprint density at radius 2 is 2.04 bits per heavy atom. The minimum atomic E-state index is -0.877. The Labute approximate surface area is 147 Å². The van der Waals surface area contributed by atoms with Gasteiger partial charge in [0.2, 0.25) is 0 Å². The van der Waals surface area contributed by atoms with Crippen molar-refractivity contribution < 1.29 is 14.7 Å². The molecule has 0 saturated heterocycles. The second-order valence-electron chi connectivity index (χ2n) is 6.79. The van der Waals surface area contributed by atoms with Gasteiger partial charge in [0.1, 0.15) is 5.92 Å². The summed E-state index contributed by atoms with van der Waals surface area (Å²) in [6.45, 7) is 5.22. The van der Waals surface area contributed by atoms with Crippen molar-refractivity contribution >= 4 is 11.9 Å². The molecular weight excluding hydrogens is 318 g/mol. The minimum absolute atomic E-state index is 0.0478. The molecule has 25 heavy (non-hydrogen) atoms. The molecule has 0 fully saturated rings. The molecule has 6 heteroatoms. The fourth-order valence-corrected chi connectivity index (χ4v) is 3.73. The lowest BCUT2D eigenvalue weighted by Crippen LogP contribution is -2.53. The number of aliphatic carboxylic acids is 1. The molecule has 1 aromatic heterocycles. The molecule has 132 valence electrons. The second-order valence-corrected chi connectivity index (χ2v) is 6.79. The van der Waals surface area contributed by atoms with Crippen LogP contribution in [0.3, 0.4) is 0 Å². The average Bonchev–Trinajstić information content (AvgIpc) is 3.09. The zero-order valence-electron chi connectivity index (χ0n) is 14.5. The van der Waals surface area contributed by atoms with E-state index in [0.29, 0.717) is 17.7 Å². The molecule has 6 nitrogen and oxygen atoms in total. The number of carbonyl (C=O) groups is 2. The van der Waals surface area contributed by atoms with Crippen molar-refractivity contribution in [1.82, 2.24) is 14.5 Å². The van der Waals surface area contributed by atoms with Crippen molar-refractivity contribution in [2.45, 2.75) is 38.8 Å². The van der Waals surface area contributed by atoms with Gasteiger partial charge in [-0.2, -0.15) is 0 Å². The first-order valence-corrected chi connectivity index (χ1v) is 8.59. The van der Waals surface area contributed by atoms with Crippen LogP contribution in [0.2, 0.25) is 0 Å². The van der Waals surface area contributed by atoms with Crippen LogP contribution >= 0.6 is 0 Å². The zero-order valence-corrected chi connectivity index (χ0v) is 14.5. The van der Waals surface area contributed by atoms with Crippen LogP contribution in [-0.4, -0.2) is 44.0 Å².